The van der Waals surface area contributed by atoms with Crippen molar-refractivity contribution < 1.29 is 9.53 Å². The first kappa shape index (κ1) is 18.7. The highest BCUT2D eigenvalue weighted by molar-refractivity contribution is 7.98. The molecule has 0 spiro atoms. The van der Waals surface area contributed by atoms with E-state index < -0.39 is 5.97 Å². The van der Waals surface area contributed by atoms with E-state index in [4.69, 9.17) is 10.5 Å². The van der Waals surface area contributed by atoms with E-state index in [2.05, 4.69) is 20.3 Å². The summed E-state index contributed by atoms with van der Waals surface area (Å²) in [6, 6.07) is 15.0. The summed E-state index contributed by atoms with van der Waals surface area (Å²) in [6.07, 6.45) is 1.91. The van der Waals surface area contributed by atoms with Gasteiger partial charge >= 0.3 is 5.97 Å². The van der Waals surface area contributed by atoms with E-state index in [0.29, 0.717) is 11.5 Å². The molecule has 27 heavy (non-hydrogen) atoms. The van der Waals surface area contributed by atoms with Crippen LogP contribution < -0.4 is 11.1 Å². The zero-order valence-electron chi connectivity index (χ0n) is 15.0. The summed E-state index contributed by atoms with van der Waals surface area (Å²) in [5.41, 5.74) is 8.17. The predicted octanol–water partition coefficient (Wildman–Crippen LogP) is 3.58. The number of nitrogens with two attached hydrogens (primary N) is 1. The number of nitrogens with one attached hydrogen (secondary N) is 1. The van der Waals surface area contributed by atoms with E-state index in [9.17, 15) is 4.79 Å². The molecule has 7 nitrogen and oxygen atoms in total. The molecule has 0 aliphatic rings. The highest BCUT2D eigenvalue weighted by Gasteiger charge is 2.14. The van der Waals surface area contributed by atoms with Gasteiger partial charge in [-0.15, -0.1) is 11.8 Å². The highest BCUT2D eigenvalue weighted by atomic mass is 32.2. The number of benzene rings is 2. The minimum atomic E-state index is -0.438. The number of hydrogen-bond acceptors (Lipinski definition) is 8. The Balaban J connectivity index is 1.73. The second-order valence-corrected chi connectivity index (χ2v) is 6.50. The first-order valence-corrected chi connectivity index (χ1v) is 9.42. The number of thioether (sulfide) groups is 1. The number of nitrogen functional groups attached to an aromatic ring is 1. The van der Waals surface area contributed by atoms with Crippen molar-refractivity contribution in [2.45, 2.75) is 18.4 Å². The Morgan fingerprint density at radius 3 is 2.63 bits per heavy atom. The molecule has 0 atom stereocenters. The maximum absolute atomic E-state index is 12.3. The van der Waals surface area contributed by atoms with Gasteiger partial charge < -0.3 is 15.8 Å². The van der Waals surface area contributed by atoms with Crippen molar-refractivity contribution >= 4 is 35.3 Å². The monoisotopic (exact) mass is 381 g/mol. The fraction of sp³-hybridized carbons (Fsp3) is 0.158. The van der Waals surface area contributed by atoms with Crippen LogP contribution in [0.15, 0.2) is 53.4 Å². The van der Waals surface area contributed by atoms with Crippen LogP contribution in [-0.4, -0.2) is 27.2 Å². The van der Waals surface area contributed by atoms with Crippen LogP contribution in [-0.2, 0) is 11.3 Å². The van der Waals surface area contributed by atoms with E-state index in [-0.39, 0.29) is 18.4 Å². The zero-order valence-corrected chi connectivity index (χ0v) is 15.8. The minimum absolute atomic E-state index is 0.0525. The summed E-state index contributed by atoms with van der Waals surface area (Å²) in [4.78, 5) is 25.6. The van der Waals surface area contributed by atoms with Gasteiger partial charge in [-0.3, -0.25) is 0 Å². The number of anilines is 3. The molecule has 1 aromatic heterocycles. The average molecular weight is 381 g/mol. The van der Waals surface area contributed by atoms with Crippen LogP contribution >= 0.6 is 11.8 Å². The Bertz CT molecular complexity index is 964. The summed E-state index contributed by atoms with van der Waals surface area (Å²) in [5.74, 6) is 0.185. The van der Waals surface area contributed by atoms with Crippen LogP contribution in [0.4, 0.5) is 17.6 Å². The first-order valence-electron chi connectivity index (χ1n) is 8.20. The highest BCUT2D eigenvalue weighted by Crippen LogP contribution is 2.21. The summed E-state index contributed by atoms with van der Waals surface area (Å²) in [6.45, 7) is 1.87. The molecule has 8 heteroatoms. The molecular formula is C19H19N5O2S. The largest absolute Gasteiger partial charge is 0.454 e. The molecule has 3 aromatic rings. The number of para-hydroxylation sites is 1. The Labute approximate surface area is 161 Å². The van der Waals surface area contributed by atoms with Gasteiger partial charge in [0, 0.05) is 10.6 Å². The van der Waals surface area contributed by atoms with Gasteiger partial charge in [0.1, 0.15) is 0 Å². The Morgan fingerprint density at radius 1 is 1.11 bits per heavy atom. The van der Waals surface area contributed by atoms with Crippen molar-refractivity contribution in [2.24, 2.45) is 0 Å². The number of carbonyl (C=O) groups excluding carboxylic acids is 1. The lowest BCUT2D eigenvalue weighted by molar-refractivity contribution is 0.0458. The fourth-order valence-electron chi connectivity index (χ4n) is 2.41. The molecule has 138 valence electrons. The van der Waals surface area contributed by atoms with Crippen molar-refractivity contribution in [3.05, 3.63) is 65.5 Å². The second kappa shape index (κ2) is 8.50. The van der Waals surface area contributed by atoms with Gasteiger partial charge in [0.05, 0.1) is 5.56 Å². The van der Waals surface area contributed by atoms with Crippen LogP contribution in [0.2, 0.25) is 0 Å². The zero-order chi connectivity index (χ0) is 19.2. The van der Waals surface area contributed by atoms with Gasteiger partial charge in [0.25, 0.3) is 0 Å². The molecule has 2 aromatic carbocycles. The quantitative estimate of drug-likeness (QED) is 0.493. The van der Waals surface area contributed by atoms with Crippen molar-refractivity contribution in [3.8, 4) is 0 Å². The summed E-state index contributed by atoms with van der Waals surface area (Å²) in [7, 11) is 0. The van der Waals surface area contributed by atoms with E-state index >= 15 is 0 Å². The molecule has 0 fully saturated rings. The number of esters is 1. The molecular weight excluding hydrogens is 362 g/mol. The Hall–Kier alpha value is -3.13. The molecule has 0 unspecified atom stereocenters. The lowest BCUT2D eigenvalue weighted by atomic mass is 10.2. The molecule has 0 aliphatic carbocycles. The molecule has 0 bridgehead atoms. The number of nitrogens with zero attached hydrogens (tertiary/aromatic N) is 3. The molecule has 0 saturated heterocycles. The van der Waals surface area contributed by atoms with Crippen LogP contribution in [0.1, 0.15) is 21.7 Å². The Morgan fingerprint density at radius 2 is 1.85 bits per heavy atom. The fourth-order valence-corrected chi connectivity index (χ4v) is 3.00. The van der Waals surface area contributed by atoms with Crippen LogP contribution in [0.25, 0.3) is 0 Å². The Kier molecular flexibility index (Phi) is 5.87. The predicted molar refractivity (Wildman–Crippen MR) is 106 cm³/mol. The van der Waals surface area contributed by atoms with Gasteiger partial charge in [0.2, 0.25) is 11.9 Å². The molecule has 3 rings (SSSR count). The van der Waals surface area contributed by atoms with E-state index in [1.807, 2.05) is 49.6 Å². The maximum Gasteiger partial charge on any atom is 0.339 e. The number of rotatable bonds is 6. The topological polar surface area (TPSA) is 103 Å². The van der Waals surface area contributed by atoms with Crippen LogP contribution in [0, 0.1) is 6.92 Å². The molecule has 0 saturated carbocycles. The van der Waals surface area contributed by atoms with E-state index in [1.165, 1.54) is 11.8 Å². The van der Waals surface area contributed by atoms with E-state index in [1.54, 1.807) is 12.1 Å². The van der Waals surface area contributed by atoms with Gasteiger partial charge in [-0.2, -0.15) is 15.0 Å². The molecule has 0 aliphatic heterocycles. The third-order valence-corrected chi connectivity index (χ3v) is 4.55. The summed E-state index contributed by atoms with van der Waals surface area (Å²) in [5, 5.41) is 3.10. The SMILES string of the molecule is CSc1ccccc1C(=O)OCc1nc(N)nc(Nc2ccccc2C)n1. The van der Waals surface area contributed by atoms with Gasteiger partial charge in [-0.1, -0.05) is 30.3 Å². The van der Waals surface area contributed by atoms with Crippen molar-refractivity contribution in [3.63, 3.8) is 0 Å². The standard InChI is InChI=1S/C19H19N5O2S/c1-12-7-3-5-9-14(12)21-19-23-16(22-18(20)24-19)11-26-17(25)13-8-4-6-10-15(13)27-2/h3-10H,11H2,1-2H3,(H3,20,21,22,23,24). The van der Waals surface area contributed by atoms with E-state index in [0.717, 1.165) is 16.1 Å². The van der Waals surface area contributed by atoms with Gasteiger partial charge in [0.15, 0.2) is 12.4 Å². The van der Waals surface area contributed by atoms with Gasteiger partial charge in [-0.25, -0.2) is 4.79 Å². The normalized spacial score (nSPS) is 10.4. The second-order valence-electron chi connectivity index (χ2n) is 5.65. The number of aromatic nitrogens is 3. The maximum atomic E-state index is 12.3. The van der Waals surface area contributed by atoms with Crippen LogP contribution in [0.5, 0.6) is 0 Å². The number of hydrogen-bond donors (Lipinski definition) is 2. The first-order chi connectivity index (χ1) is 13.1. The summed E-state index contributed by atoms with van der Waals surface area (Å²) >= 11 is 1.48. The molecule has 0 radical (unpaired) electrons. The lowest BCUT2D eigenvalue weighted by Crippen LogP contribution is -2.12. The molecule has 0 amide bonds. The smallest absolute Gasteiger partial charge is 0.339 e. The van der Waals surface area contributed by atoms with Crippen LogP contribution in [0.3, 0.4) is 0 Å². The van der Waals surface area contributed by atoms with Crippen molar-refractivity contribution in [2.75, 3.05) is 17.3 Å². The number of carbonyl (C=O) groups is 1. The number of aryl methyl sites for hydroxylation is 1. The third-order valence-electron chi connectivity index (χ3n) is 3.75. The minimum Gasteiger partial charge on any atom is -0.454 e. The molecule has 3 N–H and O–H groups in total. The van der Waals surface area contributed by atoms with Gasteiger partial charge in [-0.05, 0) is 36.9 Å². The molecule has 1 heterocycles. The average Bonchev–Trinajstić information content (AvgIpc) is 2.67. The van der Waals surface area contributed by atoms with Crippen molar-refractivity contribution in [1.29, 1.82) is 0 Å². The summed E-state index contributed by atoms with van der Waals surface area (Å²) < 4.78 is 5.35. The third kappa shape index (κ3) is 4.73. The van der Waals surface area contributed by atoms with Crippen molar-refractivity contribution in [1.82, 2.24) is 15.0 Å². The lowest BCUT2D eigenvalue weighted by Gasteiger charge is -2.10. The number of ether oxygens (including phenoxy) is 1.